The summed E-state index contributed by atoms with van der Waals surface area (Å²) in [5, 5.41) is 10.8. The van der Waals surface area contributed by atoms with Gasteiger partial charge in [-0.2, -0.15) is 0 Å². The van der Waals surface area contributed by atoms with E-state index in [1.807, 2.05) is 0 Å². The molecule has 0 heterocycles. The highest BCUT2D eigenvalue weighted by Crippen LogP contribution is 2.36. The minimum Gasteiger partial charge on any atom is -0.497 e. The standard InChI is InChI=1S/C16H17FO3/c1-16(18,11-5-4-6-13(9-11)19-2)14-10-12(17)7-8-15(14)20-3/h4-10,18H,1-3H3. The van der Waals surface area contributed by atoms with Gasteiger partial charge < -0.3 is 14.6 Å². The van der Waals surface area contributed by atoms with Gasteiger partial charge in [0.1, 0.15) is 22.9 Å². The first-order valence-corrected chi connectivity index (χ1v) is 6.20. The van der Waals surface area contributed by atoms with Crippen LogP contribution in [-0.4, -0.2) is 19.3 Å². The molecular formula is C16H17FO3. The van der Waals surface area contributed by atoms with Crippen LogP contribution in [0, 0.1) is 5.82 Å². The van der Waals surface area contributed by atoms with E-state index in [1.165, 1.54) is 25.3 Å². The van der Waals surface area contributed by atoms with Gasteiger partial charge in [-0.25, -0.2) is 4.39 Å². The van der Waals surface area contributed by atoms with Crippen LogP contribution in [-0.2, 0) is 5.60 Å². The predicted octanol–water partition coefficient (Wildman–Crippen LogP) is 3.10. The Morgan fingerprint density at radius 2 is 1.80 bits per heavy atom. The number of ether oxygens (including phenoxy) is 2. The number of hydrogen-bond acceptors (Lipinski definition) is 3. The molecule has 0 amide bonds. The summed E-state index contributed by atoms with van der Waals surface area (Å²) in [6, 6.07) is 11.1. The molecule has 1 N–H and O–H groups in total. The van der Waals surface area contributed by atoms with Crippen LogP contribution >= 0.6 is 0 Å². The second kappa shape index (κ2) is 5.51. The van der Waals surface area contributed by atoms with Crippen molar-refractivity contribution in [2.24, 2.45) is 0 Å². The van der Waals surface area contributed by atoms with E-state index in [0.29, 0.717) is 22.6 Å². The van der Waals surface area contributed by atoms with Gasteiger partial charge in [-0.1, -0.05) is 12.1 Å². The molecule has 0 aliphatic heterocycles. The van der Waals surface area contributed by atoms with E-state index in [1.54, 1.807) is 38.3 Å². The number of rotatable bonds is 4. The summed E-state index contributed by atoms with van der Waals surface area (Å²) in [6.45, 7) is 1.60. The van der Waals surface area contributed by atoms with E-state index in [-0.39, 0.29) is 0 Å². The van der Waals surface area contributed by atoms with Crippen molar-refractivity contribution >= 4 is 0 Å². The normalized spacial score (nSPS) is 13.7. The van der Waals surface area contributed by atoms with E-state index in [4.69, 9.17) is 9.47 Å². The molecule has 0 fully saturated rings. The van der Waals surface area contributed by atoms with Crippen LogP contribution in [0.3, 0.4) is 0 Å². The maximum atomic E-state index is 13.5. The molecule has 20 heavy (non-hydrogen) atoms. The fraction of sp³-hybridized carbons (Fsp3) is 0.250. The molecule has 0 aliphatic carbocycles. The first-order chi connectivity index (χ1) is 9.48. The van der Waals surface area contributed by atoms with Crippen LogP contribution in [0.1, 0.15) is 18.1 Å². The summed E-state index contributed by atoms with van der Waals surface area (Å²) < 4.78 is 23.8. The summed E-state index contributed by atoms with van der Waals surface area (Å²) in [4.78, 5) is 0. The molecule has 0 spiro atoms. The number of benzene rings is 2. The Bertz CT molecular complexity index is 608. The average molecular weight is 276 g/mol. The Kier molecular flexibility index (Phi) is 3.95. The molecule has 4 heteroatoms. The summed E-state index contributed by atoms with van der Waals surface area (Å²) in [7, 11) is 3.04. The molecule has 0 saturated carbocycles. The second-order valence-electron chi connectivity index (χ2n) is 4.65. The molecule has 0 bridgehead atoms. The highest BCUT2D eigenvalue weighted by Gasteiger charge is 2.30. The van der Waals surface area contributed by atoms with Gasteiger partial charge in [0.2, 0.25) is 0 Å². The lowest BCUT2D eigenvalue weighted by Crippen LogP contribution is -2.23. The molecule has 2 aromatic carbocycles. The van der Waals surface area contributed by atoms with Gasteiger partial charge in [0, 0.05) is 5.56 Å². The maximum Gasteiger partial charge on any atom is 0.125 e. The quantitative estimate of drug-likeness (QED) is 0.932. The summed E-state index contributed by atoms with van der Waals surface area (Å²) in [5.74, 6) is 0.626. The fourth-order valence-corrected chi connectivity index (χ4v) is 2.14. The number of aliphatic hydroxyl groups is 1. The number of halogens is 1. The summed E-state index contributed by atoms with van der Waals surface area (Å²) in [6.07, 6.45) is 0. The zero-order chi connectivity index (χ0) is 14.8. The minimum atomic E-state index is -1.39. The van der Waals surface area contributed by atoms with E-state index >= 15 is 0 Å². The molecule has 2 aromatic rings. The van der Waals surface area contributed by atoms with Crippen molar-refractivity contribution < 1.29 is 19.0 Å². The smallest absolute Gasteiger partial charge is 0.125 e. The van der Waals surface area contributed by atoms with Crippen molar-refractivity contribution in [2.45, 2.75) is 12.5 Å². The first kappa shape index (κ1) is 14.3. The van der Waals surface area contributed by atoms with E-state index in [0.717, 1.165) is 0 Å². The molecule has 0 saturated heterocycles. The van der Waals surface area contributed by atoms with Gasteiger partial charge in [0.25, 0.3) is 0 Å². The molecule has 3 nitrogen and oxygen atoms in total. The van der Waals surface area contributed by atoms with Gasteiger partial charge in [-0.3, -0.25) is 0 Å². The van der Waals surface area contributed by atoms with E-state index in [9.17, 15) is 9.50 Å². The van der Waals surface area contributed by atoms with Crippen molar-refractivity contribution in [3.63, 3.8) is 0 Å². The SMILES string of the molecule is COc1cccc(C(C)(O)c2cc(F)ccc2OC)c1. The van der Waals surface area contributed by atoms with E-state index < -0.39 is 11.4 Å². The molecule has 0 aliphatic rings. The average Bonchev–Trinajstić information content (AvgIpc) is 2.47. The molecule has 1 atom stereocenters. The van der Waals surface area contributed by atoms with Crippen molar-refractivity contribution in [3.05, 3.63) is 59.4 Å². The largest absolute Gasteiger partial charge is 0.497 e. The van der Waals surface area contributed by atoms with Gasteiger partial charge in [0.15, 0.2) is 0 Å². The number of hydrogen-bond donors (Lipinski definition) is 1. The highest BCUT2D eigenvalue weighted by atomic mass is 19.1. The Balaban J connectivity index is 2.56. The zero-order valence-electron chi connectivity index (χ0n) is 11.7. The van der Waals surface area contributed by atoms with Crippen LogP contribution in [0.25, 0.3) is 0 Å². The van der Waals surface area contributed by atoms with Gasteiger partial charge in [-0.15, -0.1) is 0 Å². The molecule has 106 valence electrons. The Morgan fingerprint density at radius 1 is 1.05 bits per heavy atom. The first-order valence-electron chi connectivity index (χ1n) is 6.20. The van der Waals surface area contributed by atoms with Gasteiger partial charge in [-0.05, 0) is 42.8 Å². The van der Waals surface area contributed by atoms with Crippen LogP contribution in [0.15, 0.2) is 42.5 Å². The minimum absolute atomic E-state index is 0.369. The second-order valence-corrected chi connectivity index (χ2v) is 4.65. The Morgan fingerprint density at radius 3 is 2.45 bits per heavy atom. The van der Waals surface area contributed by atoms with E-state index in [2.05, 4.69) is 0 Å². The van der Waals surface area contributed by atoms with Crippen LogP contribution in [0.5, 0.6) is 11.5 Å². The zero-order valence-corrected chi connectivity index (χ0v) is 11.7. The van der Waals surface area contributed by atoms with Crippen LogP contribution in [0.4, 0.5) is 4.39 Å². The predicted molar refractivity (Wildman–Crippen MR) is 74.6 cm³/mol. The molecule has 1 unspecified atom stereocenters. The third-order valence-electron chi connectivity index (χ3n) is 3.32. The van der Waals surface area contributed by atoms with Gasteiger partial charge in [0.05, 0.1) is 14.2 Å². The fourth-order valence-electron chi connectivity index (χ4n) is 2.14. The van der Waals surface area contributed by atoms with Crippen molar-refractivity contribution in [2.75, 3.05) is 14.2 Å². The van der Waals surface area contributed by atoms with Crippen molar-refractivity contribution in [1.82, 2.24) is 0 Å². The lowest BCUT2D eigenvalue weighted by atomic mass is 9.87. The third-order valence-corrected chi connectivity index (χ3v) is 3.32. The molecule has 0 aromatic heterocycles. The van der Waals surface area contributed by atoms with Gasteiger partial charge >= 0.3 is 0 Å². The highest BCUT2D eigenvalue weighted by molar-refractivity contribution is 5.46. The molecular weight excluding hydrogens is 259 g/mol. The summed E-state index contributed by atoms with van der Waals surface area (Å²) in [5.41, 5.74) is -0.420. The van der Waals surface area contributed by atoms with Crippen molar-refractivity contribution in [1.29, 1.82) is 0 Å². The molecule has 0 radical (unpaired) electrons. The Hall–Kier alpha value is -2.07. The molecule has 2 rings (SSSR count). The monoisotopic (exact) mass is 276 g/mol. The van der Waals surface area contributed by atoms with Crippen molar-refractivity contribution in [3.8, 4) is 11.5 Å². The number of methoxy groups -OCH3 is 2. The lowest BCUT2D eigenvalue weighted by molar-refractivity contribution is 0.0982. The topological polar surface area (TPSA) is 38.7 Å². The Labute approximate surface area is 117 Å². The third kappa shape index (κ3) is 2.60. The van der Waals surface area contributed by atoms with Crippen LogP contribution in [0.2, 0.25) is 0 Å². The lowest BCUT2D eigenvalue weighted by Gasteiger charge is -2.26. The maximum absolute atomic E-state index is 13.5. The van der Waals surface area contributed by atoms with Crippen LogP contribution < -0.4 is 9.47 Å². The summed E-state index contributed by atoms with van der Waals surface area (Å²) >= 11 is 0.